The molecule has 0 aliphatic rings. The summed E-state index contributed by atoms with van der Waals surface area (Å²) >= 11 is 0. The van der Waals surface area contributed by atoms with Gasteiger partial charge in [-0.1, -0.05) is 6.07 Å². The van der Waals surface area contributed by atoms with Crippen molar-refractivity contribution in [2.45, 2.75) is 19.9 Å². The first-order valence-corrected chi connectivity index (χ1v) is 5.20. The minimum atomic E-state index is -0.116. The molecule has 0 spiro atoms. The quantitative estimate of drug-likeness (QED) is 0.756. The van der Waals surface area contributed by atoms with Crippen molar-refractivity contribution in [1.82, 2.24) is 5.32 Å². The lowest BCUT2D eigenvalue weighted by Crippen LogP contribution is -2.35. The Labute approximate surface area is 95.8 Å². The lowest BCUT2D eigenvalue weighted by molar-refractivity contribution is 0.0905. The summed E-state index contributed by atoms with van der Waals surface area (Å²) in [6, 6.07) is 5.29. The van der Waals surface area contributed by atoms with E-state index in [4.69, 9.17) is 10.5 Å². The van der Waals surface area contributed by atoms with Gasteiger partial charge < -0.3 is 15.8 Å². The Morgan fingerprint density at radius 1 is 1.56 bits per heavy atom. The van der Waals surface area contributed by atoms with Crippen LogP contribution in [0.25, 0.3) is 0 Å². The maximum absolute atomic E-state index is 11.9. The van der Waals surface area contributed by atoms with Crippen LogP contribution in [0.4, 0.5) is 5.69 Å². The van der Waals surface area contributed by atoms with E-state index in [1.807, 2.05) is 19.9 Å². The number of amides is 1. The van der Waals surface area contributed by atoms with Crippen molar-refractivity contribution in [2.75, 3.05) is 19.5 Å². The van der Waals surface area contributed by atoms with Gasteiger partial charge in [-0.15, -0.1) is 0 Å². The molecule has 4 nitrogen and oxygen atoms in total. The fourth-order valence-corrected chi connectivity index (χ4v) is 1.48. The topological polar surface area (TPSA) is 64.3 Å². The first-order valence-electron chi connectivity index (χ1n) is 5.20. The largest absolute Gasteiger partial charge is 0.399 e. The van der Waals surface area contributed by atoms with Gasteiger partial charge >= 0.3 is 0 Å². The summed E-state index contributed by atoms with van der Waals surface area (Å²) in [6.07, 6.45) is 0. The highest BCUT2D eigenvalue weighted by atomic mass is 16.5. The molecule has 16 heavy (non-hydrogen) atoms. The number of anilines is 1. The van der Waals surface area contributed by atoms with Crippen LogP contribution in [0.5, 0.6) is 0 Å². The molecule has 0 heterocycles. The molecule has 0 fully saturated rings. The number of ether oxygens (including phenoxy) is 1. The molecule has 0 saturated carbocycles. The summed E-state index contributed by atoms with van der Waals surface area (Å²) in [5.41, 5.74) is 7.77. The van der Waals surface area contributed by atoms with Gasteiger partial charge in [-0.25, -0.2) is 0 Å². The number of nitrogens with one attached hydrogen (secondary N) is 1. The fourth-order valence-electron chi connectivity index (χ4n) is 1.48. The number of carbonyl (C=O) groups is 1. The van der Waals surface area contributed by atoms with Crippen molar-refractivity contribution >= 4 is 11.6 Å². The maximum Gasteiger partial charge on any atom is 0.251 e. The molecule has 0 saturated heterocycles. The Balaban J connectivity index is 2.76. The predicted molar refractivity (Wildman–Crippen MR) is 64.4 cm³/mol. The van der Waals surface area contributed by atoms with Crippen molar-refractivity contribution in [3.05, 3.63) is 29.3 Å². The molecule has 88 valence electrons. The van der Waals surface area contributed by atoms with Crippen molar-refractivity contribution in [2.24, 2.45) is 0 Å². The second-order valence-electron chi connectivity index (χ2n) is 3.90. The van der Waals surface area contributed by atoms with Gasteiger partial charge in [-0.05, 0) is 31.5 Å². The highest BCUT2D eigenvalue weighted by Crippen LogP contribution is 2.12. The summed E-state index contributed by atoms with van der Waals surface area (Å²) in [5, 5.41) is 2.85. The van der Waals surface area contributed by atoms with Crippen molar-refractivity contribution < 1.29 is 9.53 Å². The lowest BCUT2D eigenvalue weighted by atomic mass is 10.1. The molecule has 1 unspecified atom stereocenters. The van der Waals surface area contributed by atoms with Crippen LogP contribution in [0, 0.1) is 6.92 Å². The van der Waals surface area contributed by atoms with Crippen LogP contribution in [-0.4, -0.2) is 25.7 Å². The smallest absolute Gasteiger partial charge is 0.251 e. The zero-order chi connectivity index (χ0) is 12.1. The normalized spacial score (nSPS) is 12.2. The SMILES string of the molecule is COCC(C)NC(=O)c1cc(N)ccc1C. The molecule has 0 aliphatic carbocycles. The number of benzene rings is 1. The zero-order valence-corrected chi connectivity index (χ0v) is 9.91. The second-order valence-corrected chi connectivity index (χ2v) is 3.90. The number of nitrogens with two attached hydrogens (primary N) is 1. The summed E-state index contributed by atoms with van der Waals surface area (Å²) < 4.78 is 4.95. The Morgan fingerprint density at radius 2 is 2.25 bits per heavy atom. The molecule has 1 aromatic carbocycles. The standard InChI is InChI=1S/C12H18N2O2/c1-8-4-5-10(13)6-11(8)12(15)14-9(2)7-16-3/h4-6,9H,7,13H2,1-3H3,(H,14,15). The van der Waals surface area contributed by atoms with E-state index >= 15 is 0 Å². The summed E-state index contributed by atoms with van der Waals surface area (Å²) in [4.78, 5) is 11.9. The number of carbonyl (C=O) groups excluding carboxylic acids is 1. The van der Waals surface area contributed by atoms with E-state index in [0.29, 0.717) is 17.9 Å². The summed E-state index contributed by atoms with van der Waals surface area (Å²) in [5.74, 6) is -0.116. The van der Waals surface area contributed by atoms with E-state index in [2.05, 4.69) is 5.32 Å². The van der Waals surface area contributed by atoms with E-state index < -0.39 is 0 Å². The number of rotatable bonds is 4. The third kappa shape index (κ3) is 3.24. The minimum absolute atomic E-state index is 0.0154. The van der Waals surface area contributed by atoms with Gasteiger partial charge in [0.15, 0.2) is 0 Å². The lowest BCUT2D eigenvalue weighted by Gasteiger charge is -2.14. The van der Waals surface area contributed by atoms with Crippen LogP contribution in [0.15, 0.2) is 18.2 Å². The molecule has 0 bridgehead atoms. The number of methoxy groups -OCH3 is 1. The third-order valence-corrected chi connectivity index (χ3v) is 2.30. The molecule has 1 rings (SSSR count). The van der Waals surface area contributed by atoms with E-state index in [0.717, 1.165) is 5.56 Å². The predicted octanol–water partition coefficient (Wildman–Crippen LogP) is 1.34. The molecule has 0 aromatic heterocycles. The number of hydrogen-bond donors (Lipinski definition) is 2. The van der Waals surface area contributed by atoms with Gasteiger partial charge in [0.05, 0.1) is 6.61 Å². The zero-order valence-electron chi connectivity index (χ0n) is 9.91. The second kappa shape index (κ2) is 5.51. The summed E-state index contributed by atoms with van der Waals surface area (Å²) in [7, 11) is 1.61. The van der Waals surface area contributed by atoms with Gasteiger partial charge in [0, 0.05) is 24.4 Å². The van der Waals surface area contributed by atoms with Crippen LogP contribution < -0.4 is 11.1 Å². The van der Waals surface area contributed by atoms with E-state index in [-0.39, 0.29) is 11.9 Å². The van der Waals surface area contributed by atoms with Crippen LogP contribution >= 0.6 is 0 Å². The van der Waals surface area contributed by atoms with Gasteiger partial charge in [-0.3, -0.25) is 4.79 Å². The third-order valence-electron chi connectivity index (χ3n) is 2.30. The first kappa shape index (κ1) is 12.5. The Bertz CT molecular complexity index is 377. The molecular weight excluding hydrogens is 204 g/mol. The molecular formula is C12H18N2O2. The molecule has 1 amide bonds. The molecule has 1 atom stereocenters. The number of nitrogen functional groups attached to an aromatic ring is 1. The summed E-state index contributed by atoms with van der Waals surface area (Å²) in [6.45, 7) is 4.27. The monoisotopic (exact) mass is 222 g/mol. The molecule has 1 aromatic rings. The van der Waals surface area contributed by atoms with Crippen LogP contribution in [0.3, 0.4) is 0 Å². The average Bonchev–Trinajstić information content (AvgIpc) is 2.21. The van der Waals surface area contributed by atoms with Crippen molar-refractivity contribution in [3.8, 4) is 0 Å². The average molecular weight is 222 g/mol. The van der Waals surface area contributed by atoms with E-state index in [1.165, 1.54) is 0 Å². The molecule has 3 N–H and O–H groups in total. The fraction of sp³-hybridized carbons (Fsp3) is 0.417. The Morgan fingerprint density at radius 3 is 2.88 bits per heavy atom. The Hall–Kier alpha value is -1.55. The van der Waals surface area contributed by atoms with Gasteiger partial charge in [0.25, 0.3) is 5.91 Å². The number of hydrogen-bond acceptors (Lipinski definition) is 3. The number of aryl methyl sites for hydroxylation is 1. The van der Waals surface area contributed by atoms with Crippen molar-refractivity contribution in [1.29, 1.82) is 0 Å². The van der Waals surface area contributed by atoms with Gasteiger partial charge in [0.1, 0.15) is 0 Å². The molecule has 0 aliphatic heterocycles. The highest BCUT2D eigenvalue weighted by Gasteiger charge is 2.11. The van der Waals surface area contributed by atoms with E-state index in [1.54, 1.807) is 19.2 Å². The molecule has 0 radical (unpaired) electrons. The molecule has 4 heteroatoms. The first-order chi connectivity index (χ1) is 7.54. The van der Waals surface area contributed by atoms with Gasteiger partial charge in [0.2, 0.25) is 0 Å². The van der Waals surface area contributed by atoms with Gasteiger partial charge in [-0.2, -0.15) is 0 Å². The van der Waals surface area contributed by atoms with Crippen LogP contribution in [0.1, 0.15) is 22.8 Å². The van der Waals surface area contributed by atoms with Crippen LogP contribution in [0.2, 0.25) is 0 Å². The van der Waals surface area contributed by atoms with Crippen LogP contribution in [-0.2, 0) is 4.74 Å². The minimum Gasteiger partial charge on any atom is -0.399 e. The highest BCUT2D eigenvalue weighted by molar-refractivity contribution is 5.96. The maximum atomic E-state index is 11.9. The van der Waals surface area contributed by atoms with Crippen molar-refractivity contribution in [3.63, 3.8) is 0 Å². The Kier molecular flexibility index (Phi) is 4.31. The van der Waals surface area contributed by atoms with E-state index in [9.17, 15) is 4.79 Å².